The molecule has 0 aliphatic carbocycles. The Kier molecular flexibility index (Phi) is 5.22. The molecule has 6 heteroatoms. The van der Waals surface area contributed by atoms with Crippen LogP contribution in [0.2, 0.25) is 0 Å². The van der Waals surface area contributed by atoms with Crippen molar-refractivity contribution in [2.75, 3.05) is 10.6 Å². The van der Waals surface area contributed by atoms with Crippen LogP contribution in [0.25, 0.3) is 0 Å². The molecule has 1 heterocycles. The zero-order valence-corrected chi connectivity index (χ0v) is 14.0. The number of amides is 1. The van der Waals surface area contributed by atoms with Crippen LogP contribution in [0.5, 0.6) is 0 Å². The summed E-state index contributed by atoms with van der Waals surface area (Å²) in [6.45, 7) is 2.01. The Morgan fingerprint density at radius 1 is 0.962 bits per heavy atom. The molecule has 3 rings (SSSR count). The van der Waals surface area contributed by atoms with Crippen molar-refractivity contribution in [1.29, 1.82) is 0 Å². The van der Waals surface area contributed by atoms with Gasteiger partial charge in [-0.2, -0.15) is 0 Å². The summed E-state index contributed by atoms with van der Waals surface area (Å²) in [5.41, 5.74) is 2.16. The number of aromatic nitrogens is 1. The lowest BCUT2D eigenvalue weighted by Gasteiger charge is -2.16. The quantitative estimate of drug-likeness (QED) is 0.694. The molecule has 132 valence electrons. The van der Waals surface area contributed by atoms with E-state index in [4.69, 9.17) is 0 Å². The van der Waals surface area contributed by atoms with Gasteiger partial charge in [0.25, 0.3) is 5.91 Å². The van der Waals surface area contributed by atoms with Gasteiger partial charge in [0.05, 0.1) is 0 Å². The second kappa shape index (κ2) is 7.74. The molecule has 1 aromatic heterocycles. The Bertz CT molecular complexity index is 916. The Hall–Kier alpha value is -3.28. The highest BCUT2D eigenvalue weighted by atomic mass is 19.2. The average molecular weight is 353 g/mol. The van der Waals surface area contributed by atoms with Gasteiger partial charge in [-0.15, -0.1) is 0 Å². The number of anilines is 2. The lowest BCUT2D eigenvalue weighted by atomic mass is 10.1. The summed E-state index contributed by atoms with van der Waals surface area (Å²) < 4.78 is 26.2. The maximum absolute atomic E-state index is 13.2. The van der Waals surface area contributed by atoms with Gasteiger partial charge in [-0.05, 0) is 36.8 Å². The average Bonchev–Trinajstić information content (AvgIpc) is 2.65. The number of carbonyl (C=O) groups excluding carboxylic acids is 1. The van der Waals surface area contributed by atoms with E-state index in [-0.39, 0.29) is 17.4 Å². The van der Waals surface area contributed by atoms with Gasteiger partial charge >= 0.3 is 0 Å². The van der Waals surface area contributed by atoms with E-state index < -0.39 is 17.5 Å². The zero-order valence-electron chi connectivity index (χ0n) is 14.0. The molecule has 0 spiro atoms. The van der Waals surface area contributed by atoms with Gasteiger partial charge in [-0.1, -0.05) is 30.3 Å². The Morgan fingerprint density at radius 2 is 1.73 bits per heavy atom. The van der Waals surface area contributed by atoms with Crippen molar-refractivity contribution in [3.05, 3.63) is 89.8 Å². The van der Waals surface area contributed by atoms with Gasteiger partial charge in [0.1, 0.15) is 5.69 Å². The first-order valence-corrected chi connectivity index (χ1v) is 8.07. The Morgan fingerprint density at radius 3 is 2.46 bits per heavy atom. The first-order chi connectivity index (χ1) is 12.5. The van der Waals surface area contributed by atoms with Crippen molar-refractivity contribution in [2.45, 2.75) is 13.0 Å². The first-order valence-electron chi connectivity index (χ1n) is 8.07. The molecule has 1 unspecified atom stereocenters. The van der Waals surface area contributed by atoms with Crippen molar-refractivity contribution in [3.8, 4) is 0 Å². The Balaban J connectivity index is 1.72. The van der Waals surface area contributed by atoms with Crippen LogP contribution < -0.4 is 10.6 Å². The van der Waals surface area contributed by atoms with E-state index >= 15 is 0 Å². The maximum atomic E-state index is 13.2. The van der Waals surface area contributed by atoms with Crippen LogP contribution in [0, 0.1) is 11.6 Å². The smallest absolute Gasteiger partial charge is 0.274 e. The molecule has 0 fully saturated rings. The van der Waals surface area contributed by atoms with Crippen LogP contribution in [0.4, 0.5) is 20.2 Å². The Labute approximate surface area is 149 Å². The third-order valence-electron chi connectivity index (χ3n) is 3.85. The molecule has 0 radical (unpaired) electrons. The maximum Gasteiger partial charge on any atom is 0.274 e. The largest absolute Gasteiger partial charge is 0.378 e. The van der Waals surface area contributed by atoms with E-state index in [9.17, 15) is 13.6 Å². The van der Waals surface area contributed by atoms with Gasteiger partial charge in [0.2, 0.25) is 0 Å². The molecule has 0 aliphatic rings. The van der Waals surface area contributed by atoms with E-state index in [0.717, 1.165) is 23.4 Å². The van der Waals surface area contributed by atoms with E-state index in [1.165, 1.54) is 12.3 Å². The highest BCUT2D eigenvalue weighted by molar-refractivity contribution is 6.03. The van der Waals surface area contributed by atoms with Gasteiger partial charge < -0.3 is 10.6 Å². The van der Waals surface area contributed by atoms with Gasteiger partial charge in [-0.3, -0.25) is 9.78 Å². The summed E-state index contributed by atoms with van der Waals surface area (Å²) in [5, 5.41) is 5.81. The molecular formula is C20H17F2N3O. The summed E-state index contributed by atoms with van der Waals surface area (Å²) in [5.74, 6) is -2.50. The SMILES string of the molecule is CC(Nc1ccnc(C(=O)Nc2ccc(F)c(F)c2)c1)c1ccccc1. The molecule has 3 aromatic rings. The van der Waals surface area contributed by atoms with Crippen LogP contribution in [-0.2, 0) is 0 Å². The minimum Gasteiger partial charge on any atom is -0.378 e. The van der Waals surface area contributed by atoms with Crippen molar-refractivity contribution in [3.63, 3.8) is 0 Å². The number of nitrogens with one attached hydrogen (secondary N) is 2. The molecular weight excluding hydrogens is 336 g/mol. The zero-order chi connectivity index (χ0) is 18.5. The molecule has 0 saturated carbocycles. The van der Waals surface area contributed by atoms with Crippen molar-refractivity contribution < 1.29 is 13.6 Å². The molecule has 0 bridgehead atoms. The van der Waals surface area contributed by atoms with Crippen LogP contribution in [0.1, 0.15) is 29.0 Å². The standard InChI is InChI=1S/C20H17F2N3O/c1-13(14-5-3-2-4-6-14)24-16-9-10-23-19(12-16)20(26)25-15-7-8-17(21)18(22)11-15/h2-13H,1H3,(H,23,24)(H,25,26). The molecule has 1 atom stereocenters. The van der Waals surface area contributed by atoms with E-state index in [1.54, 1.807) is 12.1 Å². The fourth-order valence-electron chi connectivity index (χ4n) is 2.49. The third-order valence-corrected chi connectivity index (χ3v) is 3.85. The number of nitrogens with zero attached hydrogens (tertiary/aromatic N) is 1. The first kappa shape index (κ1) is 17.5. The summed E-state index contributed by atoms with van der Waals surface area (Å²) >= 11 is 0. The summed E-state index contributed by atoms with van der Waals surface area (Å²) in [7, 11) is 0. The fraction of sp³-hybridized carbons (Fsp3) is 0.100. The predicted octanol–water partition coefficient (Wildman–Crippen LogP) is 4.79. The minimum atomic E-state index is -1.03. The van der Waals surface area contributed by atoms with E-state index in [2.05, 4.69) is 15.6 Å². The van der Waals surface area contributed by atoms with Gasteiger partial charge in [0, 0.05) is 29.7 Å². The van der Waals surface area contributed by atoms with Crippen molar-refractivity contribution in [1.82, 2.24) is 4.98 Å². The molecule has 26 heavy (non-hydrogen) atoms. The van der Waals surface area contributed by atoms with E-state index in [1.807, 2.05) is 37.3 Å². The van der Waals surface area contributed by atoms with Crippen LogP contribution in [0.3, 0.4) is 0 Å². The molecule has 2 N–H and O–H groups in total. The number of benzene rings is 2. The molecule has 2 aromatic carbocycles. The second-order valence-electron chi connectivity index (χ2n) is 5.79. The summed E-state index contributed by atoms with van der Waals surface area (Å²) in [4.78, 5) is 16.3. The number of pyridine rings is 1. The molecule has 0 aliphatic heterocycles. The minimum absolute atomic E-state index is 0.0423. The molecule has 4 nitrogen and oxygen atoms in total. The number of rotatable bonds is 5. The van der Waals surface area contributed by atoms with Crippen molar-refractivity contribution >= 4 is 17.3 Å². The monoisotopic (exact) mass is 353 g/mol. The lowest BCUT2D eigenvalue weighted by Crippen LogP contribution is -2.15. The topological polar surface area (TPSA) is 54.0 Å². The normalized spacial score (nSPS) is 11.7. The van der Waals surface area contributed by atoms with E-state index in [0.29, 0.717) is 0 Å². The summed E-state index contributed by atoms with van der Waals surface area (Å²) in [6.07, 6.45) is 1.51. The summed E-state index contributed by atoms with van der Waals surface area (Å²) in [6, 6.07) is 16.5. The number of halogens is 2. The van der Waals surface area contributed by atoms with Gasteiger partial charge in [0.15, 0.2) is 11.6 Å². The van der Waals surface area contributed by atoms with Crippen molar-refractivity contribution in [2.24, 2.45) is 0 Å². The van der Waals surface area contributed by atoms with Crippen LogP contribution >= 0.6 is 0 Å². The number of hydrogen-bond acceptors (Lipinski definition) is 3. The predicted molar refractivity (Wildman–Crippen MR) is 97.0 cm³/mol. The van der Waals surface area contributed by atoms with Crippen LogP contribution in [-0.4, -0.2) is 10.9 Å². The molecule has 1 amide bonds. The fourth-order valence-corrected chi connectivity index (χ4v) is 2.49. The number of hydrogen-bond donors (Lipinski definition) is 2. The highest BCUT2D eigenvalue weighted by Gasteiger charge is 2.11. The highest BCUT2D eigenvalue weighted by Crippen LogP contribution is 2.20. The van der Waals surface area contributed by atoms with Gasteiger partial charge in [-0.25, -0.2) is 8.78 Å². The molecule has 0 saturated heterocycles. The third kappa shape index (κ3) is 4.22. The number of carbonyl (C=O) groups is 1. The lowest BCUT2D eigenvalue weighted by molar-refractivity contribution is 0.102. The second-order valence-corrected chi connectivity index (χ2v) is 5.79. The van der Waals surface area contributed by atoms with Crippen LogP contribution in [0.15, 0.2) is 66.9 Å².